The lowest BCUT2D eigenvalue weighted by molar-refractivity contribution is -0.119. The summed E-state index contributed by atoms with van der Waals surface area (Å²) >= 11 is 0. The summed E-state index contributed by atoms with van der Waals surface area (Å²) in [6, 6.07) is 12.5. The molecular weight excluding hydrogens is 320 g/mol. The molecule has 0 bridgehead atoms. The third kappa shape index (κ3) is 4.77. The minimum absolute atomic E-state index is 0.179. The van der Waals surface area contributed by atoms with Crippen LogP contribution >= 0.6 is 0 Å². The molecular formula is C17H15F2NO4. The van der Waals surface area contributed by atoms with Crippen LogP contribution in [-0.4, -0.2) is 25.1 Å². The van der Waals surface area contributed by atoms with Gasteiger partial charge in [-0.25, -0.2) is 4.79 Å². The van der Waals surface area contributed by atoms with Crippen LogP contribution in [0.4, 0.5) is 14.5 Å². The highest BCUT2D eigenvalue weighted by Crippen LogP contribution is 2.21. The lowest BCUT2D eigenvalue weighted by Gasteiger charge is -2.11. The third-order valence-corrected chi connectivity index (χ3v) is 3.08. The number of hydrogen-bond acceptors (Lipinski definition) is 4. The smallest absolute Gasteiger partial charge is 0.387 e. The monoisotopic (exact) mass is 335 g/mol. The van der Waals surface area contributed by atoms with E-state index in [1.807, 2.05) is 19.1 Å². The average molecular weight is 335 g/mol. The van der Waals surface area contributed by atoms with Crippen molar-refractivity contribution in [3.63, 3.8) is 0 Å². The van der Waals surface area contributed by atoms with E-state index >= 15 is 0 Å². The zero-order valence-electron chi connectivity index (χ0n) is 12.8. The Kier molecular flexibility index (Phi) is 5.83. The molecule has 0 unspecified atom stereocenters. The Labute approximate surface area is 137 Å². The van der Waals surface area contributed by atoms with Crippen molar-refractivity contribution in [2.24, 2.45) is 0 Å². The van der Waals surface area contributed by atoms with E-state index in [0.29, 0.717) is 5.69 Å². The van der Waals surface area contributed by atoms with Crippen LogP contribution in [0, 0.1) is 6.92 Å². The van der Waals surface area contributed by atoms with Crippen molar-refractivity contribution in [1.29, 1.82) is 0 Å². The van der Waals surface area contributed by atoms with Gasteiger partial charge in [0.25, 0.3) is 5.91 Å². The van der Waals surface area contributed by atoms with Crippen LogP contribution in [0.25, 0.3) is 0 Å². The van der Waals surface area contributed by atoms with Crippen molar-refractivity contribution in [3.8, 4) is 5.75 Å². The summed E-state index contributed by atoms with van der Waals surface area (Å²) in [5.41, 5.74) is 1.27. The van der Waals surface area contributed by atoms with Gasteiger partial charge in [0.1, 0.15) is 11.3 Å². The van der Waals surface area contributed by atoms with Crippen molar-refractivity contribution >= 4 is 17.6 Å². The predicted molar refractivity (Wildman–Crippen MR) is 83.2 cm³/mol. The van der Waals surface area contributed by atoms with Crippen molar-refractivity contribution in [2.45, 2.75) is 13.5 Å². The van der Waals surface area contributed by atoms with Crippen molar-refractivity contribution in [2.75, 3.05) is 11.9 Å². The first-order valence-electron chi connectivity index (χ1n) is 7.04. The van der Waals surface area contributed by atoms with Crippen LogP contribution in [0.3, 0.4) is 0 Å². The SMILES string of the molecule is Cc1ccccc1NC(=O)COC(=O)c1ccccc1OC(F)F. The number of anilines is 1. The quantitative estimate of drug-likeness (QED) is 0.822. The number of carbonyl (C=O) groups excluding carboxylic acids is 2. The minimum atomic E-state index is -3.07. The number of halogens is 2. The fourth-order valence-corrected chi connectivity index (χ4v) is 1.94. The van der Waals surface area contributed by atoms with Crippen molar-refractivity contribution < 1.29 is 27.8 Å². The zero-order chi connectivity index (χ0) is 17.5. The summed E-state index contributed by atoms with van der Waals surface area (Å²) in [4.78, 5) is 23.8. The number of nitrogens with one attached hydrogen (secondary N) is 1. The number of esters is 1. The lowest BCUT2D eigenvalue weighted by Crippen LogP contribution is -2.21. The maximum absolute atomic E-state index is 12.3. The van der Waals surface area contributed by atoms with E-state index in [1.165, 1.54) is 24.3 Å². The molecule has 2 aromatic rings. The molecule has 0 saturated heterocycles. The maximum atomic E-state index is 12.3. The van der Waals surface area contributed by atoms with Gasteiger partial charge in [-0.2, -0.15) is 8.78 Å². The summed E-state index contributed by atoms with van der Waals surface area (Å²) < 4.78 is 33.7. The van der Waals surface area contributed by atoms with Gasteiger partial charge in [-0.15, -0.1) is 0 Å². The van der Waals surface area contributed by atoms with Gasteiger partial charge in [0.05, 0.1) is 0 Å². The van der Waals surface area contributed by atoms with E-state index in [2.05, 4.69) is 10.1 Å². The average Bonchev–Trinajstić information content (AvgIpc) is 2.55. The Morgan fingerprint density at radius 1 is 1.08 bits per heavy atom. The Morgan fingerprint density at radius 2 is 1.75 bits per heavy atom. The molecule has 0 saturated carbocycles. The molecule has 0 aliphatic rings. The molecule has 1 amide bonds. The van der Waals surface area contributed by atoms with Gasteiger partial charge < -0.3 is 14.8 Å². The number of amides is 1. The molecule has 0 radical (unpaired) electrons. The van der Waals surface area contributed by atoms with E-state index in [4.69, 9.17) is 4.74 Å². The molecule has 1 N–H and O–H groups in total. The van der Waals surface area contributed by atoms with E-state index < -0.39 is 25.1 Å². The Morgan fingerprint density at radius 3 is 2.46 bits per heavy atom. The molecule has 2 aromatic carbocycles. The number of ether oxygens (including phenoxy) is 2. The van der Waals surface area contributed by atoms with Crippen LogP contribution in [0.1, 0.15) is 15.9 Å². The van der Waals surface area contributed by atoms with E-state index in [-0.39, 0.29) is 11.3 Å². The van der Waals surface area contributed by atoms with Gasteiger partial charge in [-0.3, -0.25) is 4.79 Å². The summed E-state index contributed by atoms with van der Waals surface area (Å²) in [6.45, 7) is -1.79. The van der Waals surface area contributed by atoms with Gasteiger partial charge in [-0.1, -0.05) is 30.3 Å². The van der Waals surface area contributed by atoms with Crippen LogP contribution in [-0.2, 0) is 9.53 Å². The molecule has 2 rings (SSSR count). The van der Waals surface area contributed by atoms with Gasteiger partial charge in [0, 0.05) is 5.69 Å². The lowest BCUT2D eigenvalue weighted by atomic mass is 10.2. The van der Waals surface area contributed by atoms with E-state index in [0.717, 1.165) is 5.56 Å². The third-order valence-electron chi connectivity index (χ3n) is 3.08. The zero-order valence-corrected chi connectivity index (χ0v) is 12.8. The predicted octanol–water partition coefficient (Wildman–Crippen LogP) is 3.39. The van der Waals surface area contributed by atoms with Gasteiger partial charge in [-0.05, 0) is 30.7 Å². The summed E-state index contributed by atoms with van der Waals surface area (Å²) in [5.74, 6) is -1.77. The number of benzene rings is 2. The summed E-state index contributed by atoms with van der Waals surface area (Å²) in [5, 5.41) is 2.60. The molecule has 5 nitrogen and oxygen atoms in total. The number of rotatable bonds is 6. The van der Waals surface area contributed by atoms with Crippen molar-refractivity contribution in [1.82, 2.24) is 0 Å². The molecule has 0 aliphatic carbocycles. The van der Waals surface area contributed by atoms with Crippen LogP contribution in [0.15, 0.2) is 48.5 Å². The number of hydrogen-bond donors (Lipinski definition) is 1. The molecule has 7 heteroatoms. The summed E-state index contributed by atoms with van der Waals surface area (Å²) in [7, 11) is 0. The second kappa shape index (κ2) is 8.05. The highest BCUT2D eigenvalue weighted by Gasteiger charge is 2.17. The standard InChI is InChI=1S/C17H15F2NO4/c1-11-6-2-4-8-13(11)20-15(21)10-23-16(22)12-7-3-5-9-14(12)24-17(18)19/h2-9,17H,10H2,1H3,(H,20,21). The molecule has 0 heterocycles. The fraction of sp³-hybridized carbons (Fsp3) is 0.176. The van der Waals surface area contributed by atoms with Crippen LogP contribution in [0.2, 0.25) is 0 Å². The topological polar surface area (TPSA) is 64.6 Å². The van der Waals surface area contributed by atoms with Gasteiger partial charge in [0.15, 0.2) is 6.61 Å². The molecule has 0 aliphatic heterocycles. The molecule has 24 heavy (non-hydrogen) atoms. The highest BCUT2D eigenvalue weighted by atomic mass is 19.3. The first kappa shape index (κ1) is 17.4. The minimum Gasteiger partial charge on any atom is -0.452 e. The second-order valence-electron chi connectivity index (χ2n) is 4.81. The normalized spacial score (nSPS) is 10.3. The number of para-hydroxylation sites is 2. The number of alkyl halides is 2. The van der Waals surface area contributed by atoms with Crippen LogP contribution < -0.4 is 10.1 Å². The molecule has 0 aromatic heterocycles. The Hall–Kier alpha value is -2.96. The highest BCUT2D eigenvalue weighted by molar-refractivity contribution is 5.97. The second-order valence-corrected chi connectivity index (χ2v) is 4.81. The van der Waals surface area contributed by atoms with Gasteiger partial charge >= 0.3 is 12.6 Å². The van der Waals surface area contributed by atoms with Gasteiger partial charge in [0.2, 0.25) is 0 Å². The molecule has 0 atom stereocenters. The first-order valence-corrected chi connectivity index (χ1v) is 7.04. The largest absolute Gasteiger partial charge is 0.452 e. The Bertz CT molecular complexity index is 734. The summed E-state index contributed by atoms with van der Waals surface area (Å²) in [6.07, 6.45) is 0. The molecule has 126 valence electrons. The van der Waals surface area contributed by atoms with E-state index in [1.54, 1.807) is 12.1 Å². The van der Waals surface area contributed by atoms with E-state index in [9.17, 15) is 18.4 Å². The maximum Gasteiger partial charge on any atom is 0.387 e. The fourth-order valence-electron chi connectivity index (χ4n) is 1.94. The molecule has 0 spiro atoms. The number of carbonyl (C=O) groups is 2. The first-order chi connectivity index (χ1) is 11.5. The Balaban J connectivity index is 1.96. The van der Waals surface area contributed by atoms with Crippen LogP contribution in [0.5, 0.6) is 5.75 Å². The van der Waals surface area contributed by atoms with Crippen molar-refractivity contribution in [3.05, 3.63) is 59.7 Å². The molecule has 0 fully saturated rings. The number of aryl methyl sites for hydroxylation is 1.